The number of carbonyl (C=O) groups excluding carboxylic acids is 1. The van der Waals surface area contributed by atoms with Gasteiger partial charge in [0.05, 0.1) is 24.4 Å². The molecule has 106 valence electrons. The maximum Gasteiger partial charge on any atom is 0.337 e. The lowest BCUT2D eigenvalue weighted by Gasteiger charge is -2.05. The molecule has 21 heavy (non-hydrogen) atoms. The van der Waals surface area contributed by atoms with Crippen molar-refractivity contribution in [2.45, 2.75) is 6.42 Å². The van der Waals surface area contributed by atoms with Crippen LogP contribution in [0.5, 0.6) is 0 Å². The first-order valence-electron chi connectivity index (χ1n) is 6.47. The predicted molar refractivity (Wildman–Crippen MR) is 80.8 cm³/mol. The summed E-state index contributed by atoms with van der Waals surface area (Å²) in [6.45, 7) is 0. The number of aromatic nitrogens is 2. The van der Waals surface area contributed by atoms with Crippen LogP contribution in [0.3, 0.4) is 0 Å². The first-order chi connectivity index (χ1) is 10.2. The van der Waals surface area contributed by atoms with E-state index in [9.17, 15) is 4.79 Å². The molecule has 5 heteroatoms. The van der Waals surface area contributed by atoms with Crippen molar-refractivity contribution in [3.63, 3.8) is 0 Å². The van der Waals surface area contributed by atoms with Crippen molar-refractivity contribution in [2.24, 2.45) is 0 Å². The number of imidazole rings is 1. The molecule has 0 bridgehead atoms. The molecule has 0 atom stereocenters. The van der Waals surface area contributed by atoms with E-state index in [1.54, 1.807) is 18.3 Å². The zero-order valence-corrected chi connectivity index (χ0v) is 12.2. The van der Waals surface area contributed by atoms with Crippen molar-refractivity contribution in [3.8, 4) is 0 Å². The highest BCUT2D eigenvalue weighted by atomic mass is 35.5. The Morgan fingerprint density at radius 3 is 2.90 bits per heavy atom. The lowest BCUT2D eigenvalue weighted by atomic mass is 10.1. The molecular formula is C16H13ClN2O2. The highest BCUT2D eigenvalue weighted by molar-refractivity contribution is 6.31. The molecule has 0 amide bonds. The van der Waals surface area contributed by atoms with Crippen LogP contribution in [0.4, 0.5) is 0 Å². The zero-order valence-electron chi connectivity index (χ0n) is 11.4. The molecule has 0 radical (unpaired) electrons. The minimum absolute atomic E-state index is 0.355. The highest BCUT2D eigenvalue weighted by Crippen LogP contribution is 2.19. The number of hydrogen-bond donors (Lipinski definition) is 0. The van der Waals surface area contributed by atoms with Crippen LogP contribution in [0.25, 0.3) is 5.52 Å². The summed E-state index contributed by atoms with van der Waals surface area (Å²) in [4.78, 5) is 15.9. The van der Waals surface area contributed by atoms with Gasteiger partial charge in [-0.3, -0.25) is 0 Å². The molecule has 0 unspecified atom stereocenters. The highest BCUT2D eigenvalue weighted by Gasteiger charge is 2.10. The van der Waals surface area contributed by atoms with Crippen molar-refractivity contribution in [3.05, 3.63) is 70.8 Å². The number of pyridine rings is 1. The first kappa shape index (κ1) is 13.6. The molecule has 2 heterocycles. The molecule has 0 fully saturated rings. The van der Waals surface area contributed by atoms with Gasteiger partial charge in [0.15, 0.2) is 0 Å². The summed E-state index contributed by atoms with van der Waals surface area (Å²) >= 11 is 6.18. The number of nitrogens with zero attached hydrogens (tertiary/aromatic N) is 2. The van der Waals surface area contributed by atoms with Crippen molar-refractivity contribution in [1.82, 2.24) is 9.38 Å². The average Bonchev–Trinajstić information content (AvgIpc) is 2.91. The van der Waals surface area contributed by atoms with Gasteiger partial charge in [-0.05, 0) is 23.8 Å². The Hall–Kier alpha value is -2.33. The van der Waals surface area contributed by atoms with Gasteiger partial charge in [0.1, 0.15) is 5.82 Å². The fourth-order valence-electron chi connectivity index (χ4n) is 2.24. The molecule has 0 aliphatic carbocycles. The van der Waals surface area contributed by atoms with Crippen LogP contribution in [-0.4, -0.2) is 22.5 Å². The summed E-state index contributed by atoms with van der Waals surface area (Å²) in [6, 6.07) is 11.2. The number of esters is 1. The maximum atomic E-state index is 11.5. The number of rotatable bonds is 3. The topological polar surface area (TPSA) is 43.6 Å². The van der Waals surface area contributed by atoms with E-state index in [0.717, 1.165) is 21.9 Å². The number of halogens is 1. The number of carbonyl (C=O) groups is 1. The van der Waals surface area contributed by atoms with Crippen LogP contribution in [0.15, 0.2) is 48.8 Å². The Balaban J connectivity index is 1.98. The van der Waals surface area contributed by atoms with Crippen LogP contribution >= 0.6 is 11.6 Å². The second-order valence-corrected chi connectivity index (χ2v) is 5.05. The molecule has 1 aromatic carbocycles. The van der Waals surface area contributed by atoms with E-state index >= 15 is 0 Å². The zero-order chi connectivity index (χ0) is 14.8. The normalized spacial score (nSPS) is 10.8. The number of fused-ring (bicyclic) bond motifs is 1. The molecule has 0 saturated carbocycles. The molecule has 0 saturated heterocycles. The molecule has 3 aromatic rings. The Labute approximate surface area is 126 Å². The Morgan fingerprint density at radius 2 is 2.14 bits per heavy atom. The minimum Gasteiger partial charge on any atom is -0.465 e. The van der Waals surface area contributed by atoms with Gasteiger partial charge in [-0.2, -0.15) is 0 Å². The molecule has 0 aliphatic heterocycles. The quantitative estimate of drug-likeness (QED) is 0.697. The molecule has 3 rings (SSSR count). The fourth-order valence-corrected chi connectivity index (χ4v) is 2.45. The average molecular weight is 301 g/mol. The van der Waals surface area contributed by atoms with Crippen LogP contribution in [0, 0.1) is 0 Å². The smallest absolute Gasteiger partial charge is 0.337 e. The van der Waals surface area contributed by atoms with E-state index in [2.05, 4.69) is 4.98 Å². The van der Waals surface area contributed by atoms with Gasteiger partial charge in [0.2, 0.25) is 0 Å². The summed E-state index contributed by atoms with van der Waals surface area (Å²) in [5.74, 6) is 0.515. The lowest BCUT2D eigenvalue weighted by Crippen LogP contribution is -2.03. The second kappa shape index (κ2) is 5.58. The van der Waals surface area contributed by atoms with E-state index < -0.39 is 0 Å². The van der Waals surface area contributed by atoms with Crippen molar-refractivity contribution in [1.29, 1.82) is 0 Å². The number of hydrogen-bond acceptors (Lipinski definition) is 3. The van der Waals surface area contributed by atoms with Crippen molar-refractivity contribution < 1.29 is 9.53 Å². The van der Waals surface area contributed by atoms with Crippen LogP contribution in [0.2, 0.25) is 5.02 Å². The molecule has 4 nitrogen and oxygen atoms in total. The summed E-state index contributed by atoms with van der Waals surface area (Å²) in [6.07, 6.45) is 4.19. The van der Waals surface area contributed by atoms with Gasteiger partial charge in [0, 0.05) is 17.6 Å². The predicted octanol–water partition coefficient (Wildman–Crippen LogP) is 3.37. The third-order valence-corrected chi connectivity index (χ3v) is 3.70. The summed E-state index contributed by atoms with van der Waals surface area (Å²) in [5.41, 5.74) is 2.37. The van der Waals surface area contributed by atoms with Crippen LogP contribution in [-0.2, 0) is 11.2 Å². The van der Waals surface area contributed by atoms with Gasteiger partial charge in [-0.15, -0.1) is 0 Å². The van der Waals surface area contributed by atoms with Crippen molar-refractivity contribution in [2.75, 3.05) is 7.11 Å². The Bertz CT molecular complexity index is 811. The van der Waals surface area contributed by atoms with E-state index in [1.165, 1.54) is 7.11 Å². The van der Waals surface area contributed by atoms with E-state index in [4.69, 9.17) is 16.3 Å². The SMILES string of the molecule is COC(=O)c1ccn2c(Cc3ccccc3Cl)ncc2c1. The van der Waals surface area contributed by atoms with Gasteiger partial charge in [0.25, 0.3) is 0 Å². The molecule has 0 N–H and O–H groups in total. The van der Waals surface area contributed by atoms with Crippen LogP contribution in [0.1, 0.15) is 21.7 Å². The second-order valence-electron chi connectivity index (χ2n) is 4.64. The van der Waals surface area contributed by atoms with E-state index in [1.807, 2.05) is 34.9 Å². The first-order valence-corrected chi connectivity index (χ1v) is 6.84. The van der Waals surface area contributed by atoms with Gasteiger partial charge >= 0.3 is 5.97 Å². The number of methoxy groups -OCH3 is 1. The largest absolute Gasteiger partial charge is 0.465 e. The Morgan fingerprint density at radius 1 is 1.33 bits per heavy atom. The molecular weight excluding hydrogens is 288 g/mol. The number of benzene rings is 1. The lowest BCUT2D eigenvalue weighted by molar-refractivity contribution is 0.0600. The summed E-state index contributed by atoms with van der Waals surface area (Å²) < 4.78 is 6.66. The summed E-state index contributed by atoms with van der Waals surface area (Å²) in [7, 11) is 1.37. The van der Waals surface area contributed by atoms with Gasteiger partial charge in [-0.1, -0.05) is 29.8 Å². The Kier molecular flexibility index (Phi) is 3.62. The third-order valence-electron chi connectivity index (χ3n) is 3.34. The molecule has 0 spiro atoms. The van der Waals surface area contributed by atoms with E-state index in [-0.39, 0.29) is 5.97 Å². The third kappa shape index (κ3) is 2.62. The maximum absolute atomic E-state index is 11.5. The fraction of sp³-hybridized carbons (Fsp3) is 0.125. The molecule has 2 aromatic heterocycles. The summed E-state index contributed by atoms with van der Waals surface area (Å²) in [5, 5.41) is 0.723. The van der Waals surface area contributed by atoms with Gasteiger partial charge in [-0.25, -0.2) is 9.78 Å². The van der Waals surface area contributed by atoms with Gasteiger partial charge < -0.3 is 9.14 Å². The standard InChI is InChI=1S/C16H13ClN2O2/c1-21-16(20)12-6-7-19-13(8-12)10-18-15(19)9-11-4-2-3-5-14(11)17/h2-8,10H,9H2,1H3. The number of ether oxygens (including phenoxy) is 1. The van der Waals surface area contributed by atoms with Crippen molar-refractivity contribution >= 4 is 23.1 Å². The molecule has 0 aliphatic rings. The van der Waals surface area contributed by atoms with Crippen LogP contribution < -0.4 is 0 Å². The van der Waals surface area contributed by atoms with E-state index in [0.29, 0.717) is 12.0 Å². The minimum atomic E-state index is -0.355. The monoisotopic (exact) mass is 300 g/mol.